The van der Waals surface area contributed by atoms with Gasteiger partial charge in [-0.3, -0.25) is 9.10 Å². The van der Waals surface area contributed by atoms with Gasteiger partial charge in [0, 0.05) is 0 Å². The smallest absolute Gasteiger partial charge is 0.264 e. The molecular weight excluding hydrogens is 443 g/mol. The molecule has 3 aromatic carbocycles. The Morgan fingerprint density at radius 2 is 1.64 bits per heavy atom. The number of rotatable bonds is 9. The van der Waals surface area contributed by atoms with E-state index in [1.165, 1.54) is 12.1 Å². The van der Waals surface area contributed by atoms with Gasteiger partial charge in [0.1, 0.15) is 24.7 Å². The van der Waals surface area contributed by atoms with Gasteiger partial charge in [0.15, 0.2) is 0 Å². The molecule has 174 valence electrons. The second kappa shape index (κ2) is 10.5. The van der Waals surface area contributed by atoms with Crippen molar-refractivity contribution in [2.24, 2.45) is 0 Å². The van der Waals surface area contributed by atoms with E-state index in [4.69, 9.17) is 4.74 Å². The summed E-state index contributed by atoms with van der Waals surface area (Å²) >= 11 is 0. The van der Waals surface area contributed by atoms with Crippen molar-refractivity contribution >= 4 is 21.6 Å². The van der Waals surface area contributed by atoms with Crippen LogP contribution in [0.3, 0.4) is 0 Å². The van der Waals surface area contributed by atoms with E-state index in [2.05, 4.69) is 5.32 Å². The SMILES string of the molecule is Cc1ccc(N(CC(=O)NC(C)COc2ccccc2C)S(=O)(=O)c2ccc(F)cc2)cc1. The number of carbonyl (C=O) groups is 1. The molecule has 33 heavy (non-hydrogen) atoms. The number of ether oxygens (including phenoxy) is 1. The average molecular weight is 471 g/mol. The lowest BCUT2D eigenvalue weighted by Crippen LogP contribution is -2.45. The number of hydrogen-bond donors (Lipinski definition) is 1. The van der Waals surface area contributed by atoms with Crippen LogP contribution in [0.25, 0.3) is 0 Å². The van der Waals surface area contributed by atoms with Crippen LogP contribution in [0.5, 0.6) is 5.75 Å². The van der Waals surface area contributed by atoms with Gasteiger partial charge in [0.25, 0.3) is 10.0 Å². The van der Waals surface area contributed by atoms with Crippen LogP contribution in [0.2, 0.25) is 0 Å². The van der Waals surface area contributed by atoms with E-state index in [0.29, 0.717) is 5.69 Å². The third-order valence-electron chi connectivity index (χ3n) is 5.00. The number of amides is 1. The summed E-state index contributed by atoms with van der Waals surface area (Å²) in [6.45, 7) is 5.38. The summed E-state index contributed by atoms with van der Waals surface area (Å²) < 4.78 is 46.7. The molecule has 0 aromatic heterocycles. The Morgan fingerprint density at radius 3 is 2.27 bits per heavy atom. The lowest BCUT2D eigenvalue weighted by atomic mass is 10.2. The molecule has 0 saturated carbocycles. The molecule has 0 saturated heterocycles. The standard InChI is InChI=1S/C25H27FN2O4S/c1-18-8-12-22(13-9-18)28(33(30,31)23-14-10-21(26)11-15-23)16-25(29)27-20(3)17-32-24-7-5-4-6-19(24)2/h4-15,20H,16-17H2,1-3H3,(H,27,29). The zero-order chi connectivity index (χ0) is 24.0. The number of hydrogen-bond acceptors (Lipinski definition) is 4. The van der Waals surface area contributed by atoms with Crippen molar-refractivity contribution < 1.29 is 22.3 Å². The van der Waals surface area contributed by atoms with E-state index in [1.807, 2.05) is 38.1 Å². The molecule has 0 fully saturated rings. The minimum atomic E-state index is -4.10. The number of benzene rings is 3. The molecular formula is C25H27FN2O4S. The van der Waals surface area contributed by atoms with Gasteiger partial charge in [-0.2, -0.15) is 0 Å². The highest BCUT2D eigenvalue weighted by atomic mass is 32.2. The summed E-state index contributed by atoms with van der Waals surface area (Å²) in [5, 5.41) is 2.78. The van der Waals surface area contributed by atoms with E-state index < -0.39 is 28.3 Å². The zero-order valence-electron chi connectivity index (χ0n) is 18.8. The van der Waals surface area contributed by atoms with Gasteiger partial charge >= 0.3 is 0 Å². The van der Waals surface area contributed by atoms with Crippen LogP contribution >= 0.6 is 0 Å². The lowest BCUT2D eigenvalue weighted by molar-refractivity contribution is -0.120. The zero-order valence-corrected chi connectivity index (χ0v) is 19.6. The molecule has 0 heterocycles. The summed E-state index contributed by atoms with van der Waals surface area (Å²) in [6, 6.07) is 18.5. The van der Waals surface area contributed by atoms with Gasteiger partial charge in [-0.15, -0.1) is 0 Å². The molecule has 3 aromatic rings. The lowest BCUT2D eigenvalue weighted by Gasteiger charge is -2.25. The summed E-state index contributed by atoms with van der Waals surface area (Å²) in [7, 11) is -4.10. The quantitative estimate of drug-likeness (QED) is 0.508. The molecule has 1 atom stereocenters. The van der Waals surface area contributed by atoms with Gasteiger partial charge in [0.05, 0.1) is 16.6 Å². The van der Waals surface area contributed by atoms with E-state index in [1.54, 1.807) is 31.2 Å². The summed E-state index contributed by atoms with van der Waals surface area (Å²) in [6.07, 6.45) is 0. The highest BCUT2D eigenvalue weighted by Gasteiger charge is 2.27. The summed E-state index contributed by atoms with van der Waals surface area (Å²) in [4.78, 5) is 12.7. The number of anilines is 1. The van der Waals surface area contributed by atoms with Gasteiger partial charge in [-0.1, -0.05) is 35.9 Å². The van der Waals surface area contributed by atoms with Crippen LogP contribution in [-0.2, 0) is 14.8 Å². The van der Waals surface area contributed by atoms with Crippen LogP contribution in [0.1, 0.15) is 18.1 Å². The predicted molar refractivity (Wildman–Crippen MR) is 126 cm³/mol. The van der Waals surface area contributed by atoms with Crippen LogP contribution in [0.15, 0.2) is 77.7 Å². The summed E-state index contributed by atoms with van der Waals surface area (Å²) in [5.74, 6) is -0.308. The number of aryl methyl sites for hydroxylation is 2. The first-order valence-electron chi connectivity index (χ1n) is 10.5. The van der Waals surface area contributed by atoms with Gasteiger partial charge in [0.2, 0.25) is 5.91 Å². The first-order valence-corrected chi connectivity index (χ1v) is 11.9. The average Bonchev–Trinajstić information content (AvgIpc) is 2.78. The minimum Gasteiger partial charge on any atom is -0.491 e. The van der Waals surface area contributed by atoms with Crippen molar-refractivity contribution in [2.75, 3.05) is 17.5 Å². The van der Waals surface area contributed by atoms with Crippen LogP contribution in [0, 0.1) is 19.7 Å². The van der Waals surface area contributed by atoms with E-state index in [9.17, 15) is 17.6 Å². The fourth-order valence-electron chi connectivity index (χ4n) is 3.19. The molecule has 8 heteroatoms. The maximum absolute atomic E-state index is 13.3. The molecule has 0 radical (unpaired) electrons. The normalized spacial score (nSPS) is 12.1. The molecule has 1 amide bonds. The van der Waals surface area contributed by atoms with Crippen LogP contribution in [-0.4, -0.2) is 33.5 Å². The molecule has 0 aliphatic carbocycles. The molecule has 6 nitrogen and oxygen atoms in total. The molecule has 0 aliphatic heterocycles. The van der Waals surface area contributed by atoms with Gasteiger partial charge in [-0.05, 0) is 68.8 Å². The van der Waals surface area contributed by atoms with E-state index in [0.717, 1.165) is 33.3 Å². The number of nitrogens with zero attached hydrogens (tertiary/aromatic N) is 1. The minimum absolute atomic E-state index is 0.104. The Kier molecular flexibility index (Phi) is 7.71. The maximum atomic E-state index is 13.3. The van der Waals surface area contributed by atoms with Crippen LogP contribution < -0.4 is 14.4 Å². The number of nitrogens with one attached hydrogen (secondary N) is 1. The Hall–Kier alpha value is -3.39. The molecule has 1 N–H and O–H groups in total. The first kappa shape index (κ1) is 24.3. The van der Waals surface area contributed by atoms with Gasteiger partial charge < -0.3 is 10.1 Å². The second-order valence-corrected chi connectivity index (χ2v) is 9.71. The Bertz CT molecular complexity index is 1200. The number of carbonyl (C=O) groups excluding carboxylic acids is 1. The molecule has 1 unspecified atom stereocenters. The summed E-state index contributed by atoms with van der Waals surface area (Å²) in [5.41, 5.74) is 2.26. The predicted octanol–water partition coefficient (Wildman–Crippen LogP) is 4.22. The number of sulfonamides is 1. The molecule has 0 spiro atoms. The highest BCUT2D eigenvalue weighted by molar-refractivity contribution is 7.92. The van der Waals surface area contributed by atoms with Crippen LogP contribution in [0.4, 0.5) is 10.1 Å². The Morgan fingerprint density at radius 1 is 1.00 bits per heavy atom. The largest absolute Gasteiger partial charge is 0.491 e. The third-order valence-corrected chi connectivity index (χ3v) is 6.79. The molecule has 3 rings (SSSR count). The van der Waals surface area contributed by atoms with Crippen molar-refractivity contribution in [2.45, 2.75) is 31.7 Å². The maximum Gasteiger partial charge on any atom is 0.264 e. The highest BCUT2D eigenvalue weighted by Crippen LogP contribution is 2.24. The molecule has 0 bridgehead atoms. The fourth-order valence-corrected chi connectivity index (χ4v) is 4.61. The fraction of sp³-hybridized carbons (Fsp3) is 0.240. The molecule has 0 aliphatic rings. The van der Waals surface area contributed by atoms with Crippen molar-refractivity contribution in [1.29, 1.82) is 0 Å². The van der Waals surface area contributed by atoms with Crippen molar-refractivity contribution in [3.05, 3.63) is 89.7 Å². The van der Waals surface area contributed by atoms with Crippen molar-refractivity contribution in [3.8, 4) is 5.75 Å². The Labute approximate surface area is 194 Å². The monoisotopic (exact) mass is 470 g/mol. The first-order chi connectivity index (χ1) is 15.7. The van der Waals surface area contributed by atoms with E-state index >= 15 is 0 Å². The Balaban J connectivity index is 1.75. The van der Waals surface area contributed by atoms with Gasteiger partial charge in [-0.25, -0.2) is 12.8 Å². The topological polar surface area (TPSA) is 75.7 Å². The van der Waals surface area contributed by atoms with Crippen molar-refractivity contribution in [3.63, 3.8) is 0 Å². The van der Waals surface area contributed by atoms with Crippen molar-refractivity contribution in [1.82, 2.24) is 5.32 Å². The number of halogens is 1. The number of para-hydroxylation sites is 1. The van der Waals surface area contributed by atoms with E-state index in [-0.39, 0.29) is 17.5 Å². The third kappa shape index (κ3) is 6.32. The second-order valence-electron chi connectivity index (χ2n) is 7.85.